The number of anilines is 2. The molecular weight excluding hydrogens is 1570 g/mol. The van der Waals surface area contributed by atoms with E-state index < -0.39 is 66.5 Å². The second kappa shape index (κ2) is 56.7. The molecule has 0 radical (unpaired) electrons. The van der Waals surface area contributed by atoms with E-state index in [0.29, 0.717) is 91.7 Å². The van der Waals surface area contributed by atoms with Crippen molar-refractivity contribution in [1.82, 2.24) is 52.5 Å². The molecule has 6 aromatic rings. The second-order valence-electron chi connectivity index (χ2n) is 26.1. The van der Waals surface area contributed by atoms with Gasteiger partial charge in [-0.3, -0.25) is 33.6 Å². The maximum absolute atomic E-state index is 13.7. The smallest absolute Gasteiger partial charge is 0.407 e. The Bertz CT molecular complexity index is 3850. The number of amides is 8. The molecular formula is C80H104Cl4N12O19. The van der Waals surface area contributed by atoms with Crippen LogP contribution in [0, 0.1) is 0 Å². The minimum Gasteiger partial charge on any atom is -0.481 e. The number of hydrogen-bond donors (Lipinski definition) is 12. The van der Waals surface area contributed by atoms with Gasteiger partial charge in [0.1, 0.15) is 36.9 Å². The Balaban J connectivity index is 0.714. The highest BCUT2D eigenvalue weighted by Gasteiger charge is 2.28. The van der Waals surface area contributed by atoms with Crippen molar-refractivity contribution in [3.05, 3.63) is 187 Å². The van der Waals surface area contributed by atoms with Crippen molar-refractivity contribution in [2.24, 2.45) is 0 Å². The average molecular weight is 1680 g/mol. The minimum atomic E-state index is -1.18. The number of hydrogen-bond acceptors (Lipinski definition) is 22. The number of ether oxygens (including phenoxy) is 8. The number of halogens is 4. The monoisotopic (exact) mass is 1680 g/mol. The van der Waals surface area contributed by atoms with E-state index in [1.807, 2.05) is 72.8 Å². The quantitative estimate of drug-likeness (QED) is 0.0158. The Morgan fingerprint density at radius 1 is 0.391 bits per heavy atom. The van der Waals surface area contributed by atoms with E-state index in [9.17, 15) is 53.4 Å². The van der Waals surface area contributed by atoms with Gasteiger partial charge in [-0.15, -0.1) is 0 Å². The van der Waals surface area contributed by atoms with E-state index in [0.717, 1.165) is 28.1 Å². The van der Waals surface area contributed by atoms with Crippen LogP contribution in [0.25, 0.3) is 0 Å². The molecule has 626 valence electrons. The molecule has 0 saturated carbocycles. The van der Waals surface area contributed by atoms with Crippen LogP contribution in [0.15, 0.2) is 134 Å². The number of aromatic nitrogens is 2. The van der Waals surface area contributed by atoms with Crippen molar-refractivity contribution in [3.63, 3.8) is 0 Å². The van der Waals surface area contributed by atoms with Gasteiger partial charge in [0.05, 0.1) is 97.8 Å². The standard InChI is InChI=1S/C80H104Cl4N12O19/c81-62-43-60(44-63(82)47-62)66(23-32-97)95-77(104)68(93-74(100)13-3-7-28-87-70-11-1-5-26-85-70)54-112-52-58-19-15-56(16-20-58)50-91-72(98)24-33-108-35-37-110-39-41-114-79(106)89-30-9-10-31-90-80(107)115-42-40-111-38-36-109-34-25-73(99)92-51-57-17-21-59(22-18-57)53-113-55-69(94-75(101)14-4-8-29-88-71-12-2-6-27-86-71)78(105)96-67(49-76(102)103)61-45-64(83)48-65(84)46-61/h1-2,5-6,11-12,15-22,26-27,43-48,66-69,97H,3-4,7-10,13-14,23-25,28-42,49-55H2,(H,85,87)(H,86,88)(H,89,106)(H,90,107)(H,91,98)(H,92,99)(H,93,100)(H,94,101)(H,95,104)(H,96,105)(H,102,103). The summed E-state index contributed by atoms with van der Waals surface area (Å²) in [5, 5.41) is 49.3. The number of nitrogens with one attached hydrogen (secondary N) is 10. The van der Waals surface area contributed by atoms with Gasteiger partial charge in [0.2, 0.25) is 35.4 Å². The molecule has 115 heavy (non-hydrogen) atoms. The molecule has 2 heterocycles. The molecule has 4 unspecified atom stereocenters. The Hall–Kier alpha value is -9.51. The summed E-state index contributed by atoms with van der Waals surface area (Å²) in [6.45, 7) is 3.44. The number of carbonyl (C=O) groups excluding carboxylic acids is 8. The summed E-state index contributed by atoms with van der Waals surface area (Å²) in [7, 11) is 0. The Morgan fingerprint density at radius 3 is 1.17 bits per heavy atom. The van der Waals surface area contributed by atoms with E-state index in [4.69, 9.17) is 84.3 Å². The van der Waals surface area contributed by atoms with E-state index in [-0.39, 0.29) is 172 Å². The third-order valence-corrected chi connectivity index (χ3v) is 17.7. The first-order valence-corrected chi connectivity index (χ1v) is 39.5. The first kappa shape index (κ1) is 94.3. The number of pyridine rings is 2. The maximum Gasteiger partial charge on any atom is 0.407 e. The van der Waals surface area contributed by atoms with Gasteiger partial charge in [-0.2, -0.15) is 0 Å². The lowest BCUT2D eigenvalue weighted by Gasteiger charge is -2.24. The summed E-state index contributed by atoms with van der Waals surface area (Å²) >= 11 is 24.9. The highest BCUT2D eigenvalue weighted by molar-refractivity contribution is 6.35. The van der Waals surface area contributed by atoms with Crippen LogP contribution >= 0.6 is 46.4 Å². The fourth-order valence-electron chi connectivity index (χ4n) is 10.8. The highest BCUT2D eigenvalue weighted by atomic mass is 35.5. The van der Waals surface area contributed by atoms with Crippen LogP contribution in [0.1, 0.15) is 123 Å². The lowest BCUT2D eigenvalue weighted by Crippen LogP contribution is -2.50. The molecule has 31 nitrogen and oxygen atoms in total. The third kappa shape index (κ3) is 42.6. The number of benzene rings is 4. The average Bonchev–Trinajstić information content (AvgIpc) is 0.849. The fourth-order valence-corrected chi connectivity index (χ4v) is 11.9. The lowest BCUT2D eigenvalue weighted by atomic mass is 10.0. The van der Waals surface area contributed by atoms with Gasteiger partial charge in [-0.25, -0.2) is 19.6 Å². The Kier molecular flexibility index (Phi) is 46.5. The van der Waals surface area contributed by atoms with Gasteiger partial charge >= 0.3 is 18.2 Å². The topological polar surface area (TPSA) is 414 Å². The van der Waals surface area contributed by atoms with Crippen LogP contribution in [-0.2, 0) is 97.8 Å². The van der Waals surface area contributed by atoms with Crippen LogP contribution in [0.5, 0.6) is 0 Å². The summed E-state index contributed by atoms with van der Waals surface area (Å²) in [4.78, 5) is 123. The highest BCUT2D eigenvalue weighted by Crippen LogP contribution is 2.28. The van der Waals surface area contributed by atoms with Crippen LogP contribution in [0.2, 0.25) is 20.1 Å². The first-order chi connectivity index (χ1) is 55.8. The number of unbranched alkanes of at least 4 members (excludes halogenated alkanes) is 3. The molecule has 0 aliphatic rings. The molecule has 35 heteroatoms. The number of nitrogens with zero attached hydrogens (tertiary/aromatic N) is 2. The van der Waals surface area contributed by atoms with Crippen molar-refractivity contribution >= 4 is 112 Å². The lowest BCUT2D eigenvalue weighted by molar-refractivity contribution is -0.138. The van der Waals surface area contributed by atoms with E-state index >= 15 is 0 Å². The number of carbonyl (C=O) groups is 9. The van der Waals surface area contributed by atoms with Crippen molar-refractivity contribution < 1.29 is 91.3 Å². The van der Waals surface area contributed by atoms with Gasteiger partial charge in [-0.05, 0) is 139 Å². The van der Waals surface area contributed by atoms with Gasteiger partial charge in [0.15, 0.2) is 0 Å². The molecule has 0 aliphatic heterocycles. The fraction of sp³-hybridized carbons (Fsp3) is 0.463. The molecule has 6 rings (SSSR count). The zero-order valence-corrected chi connectivity index (χ0v) is 67.1. The Morgan fingerprint density at radius 2 is 0.774 bits per heavy atom. The number of carboxylic acid groups (broad SMARTS) is 1. The predicted octanol–water partition coefficient (Wildman–Crippen LogP) is 9.24. The van der Waals surface area contributed by atoms with Crippen LogP contribution in [0.3, 0.4) is 0 Å². The maximum atomic E-state index is 13.7. The molecule has 0 fully saturated rings. The molecule has 0 saturated heterocycles. The van der Waals surface area contributed by atoms with E-state index in [1.54, 1.807) is 42.7 Å². The number of carboxylic acids is 1. The molecule has 12 N–H and O–H groups in total. The predicted molar refractivity (Wildman–Crippen MR) is 432 cm³/mol. The summed E-state index contributed by atoms with van der Waals surface area (Å²) in [6.07, 6.45) is 5.91. The van der Waals surface area contributed by atoms with Gasteiger partial charge in [0.25, 0.3) is 0 Å². The van der Waals surface area contributed by atoms with Crippen molar-refractivity contribution in [1.29, 1.82) is 0 Å². The molecule has 8 amide bonds. The normalized spacial score (nSPS) is 12.0. The first-order valence-electron chi connectivity index (χ1n) is 38.0. The van der Waals surface area contributed by atoms with Crippen molar-refractivity contribution in [2.45, 2.75) is 128 Å². The zero-order valence-electron chi connectivity index (χ0n) is 64.1. The zero-order chi connectivity index (χ0) is 82.5. The third-order valence-electron chi connectivity index (χ3n) is 16.8. The summed E-state index contributed by atoms with van der Waals surface area (Å²) in [5.41, 5.74) is 4.17. The van der Waals surface area contributed by atoms with Crippen molar-refractivity contribution in [3.8, 4) is 0 Å². The number of aliphatic carboxylic acids is 1. The number of rotatable bonds is 59. The van der Waals surface area contributed by atoms with Crippen molar-refractivity contribution in [2.75, 3.05) is 123 Å². The minimum absolute atomic E-state index is 0.00951. The summed E-state index contributed by atoms with van der Waals surface area (Å²) in [6, 6.07) is 31.2. The number of alkyl carbamates (subject to hydrolysis) is 2. The molecule has 0 bridgehead atoms. The van der Waals surface area contributed by atoms with Gasteiger partial charge < -0.3 is 101 Å². The number of aliphatic hydroxyl groups excluding tert-OH is 1. The van der Waals surface area contributed by atoms with E-state index in [2.05, 4.69) is 63.1 Å². The van der Waals surface area contributed by atoms with E-state index in [1.165, 1.54) is 18.2 Å². The van der Waals surface area contributed by atoms with Gasteiger partial charge in [-0.1, -0.05) is 107 Å². The molecule has 4 aromatic carbocycles. The largest absolute Gasteiger partial charge is 0.481 e. The van der Waals surface area contributed by atoms with Crippen LogP contribution < -0.4 is 53.2 Å². The van der Waals surface area contributed by atoms with Gasteiger partial charge in [0, 0.05) is 104 Å². The summed E-state index contributed by atoms with van der Waals surface area (Å²) < 4.78 is 44.1. The van der Waals surface area contributed by atoms with Crippen LogP contribution in [0.4, 0.5) is 21.2 Å². The number of aliphatic hydroxyl groups is 1. The molecule has 4 atom stereocenters. The second-order valence-corrected chi connectivity index (χ2v) is 27.8. The molecule has 2 aromatic heterocycles. The molecule has 0 aliphatic carbocycles. The SMILES string of the molecule is O=C(O)CC(NC(=O)C(COCc1ccc(CNC(=O)CCOCCOCCOC(=O)NCCCCNC(=O)OCCOCCOCCC(=O)NCc2ccc(COCC(NC(=O)CCCCNc3ccccn3)C(=O)NC(CCO)c3cc(Cl)cc(Cl)c3)cc2)cc1)NC(=O)CCCCNc1ccccn1)c1cc(Cl)cc(Cl)c1. The molecule has 0 spiro atoms. The Labute approximate surface area is 689 Å². The van der Waals surface area contributed by atoms with Crippen LogP contribution in [-0.4, -0.2) is 198 Å². The summed E-state index contributed by atoms with van der Waals surface area (Å²) in [5.74, 6) is -2.06.